The molecule has 1 aromatic heterocycles. The molecule has 0 bridgehead atoms. The predicted octanol–water partition coefficient (Wildman–Crippen LogP) is 2.23. The van der Waals surface area contributed by atoms with Crippen LogP contribution >= 0.6 is 27.3 Å². The van der Waals surface area contributed by atoms with Gasteiger partial charge in [0.05, 0.1) is 17.3 Å². The van der Waals surface area contributed by atoms with Gasteiger partial charge in [0.2, 0.25) is 0 Å². The minimum absolute atomic E-state index is 0.199. The lowest BCUT2D eigenvalue weighted by atomic mass is 10.2. The number of carbonyl (C=O) groups is 1. The number of thiophene rings is 1. The molecule has 0 N–H and O–H groups in total. The number of hydrogen-bond acceptors (Lipinski definition) is 3. The molecule has 1 heterocycles. The first kappa shape index (κ1) is 8.74. The van der Waals surface area contributed by atoms with Crippen molar-refractivity contribution in [3.63, 3.8) is 0 Å². The van der Waals surface area contributed by atoms with Crippen LogP contribution in [-0.2, 0) is 16.0 Å². The lowest BCUT2D eigenvalue weighted by Crippen LogP contribution is -2.02. The van der Waals surface area contributed by atoms with Gasteiger partial charge in [0.15, 0.2) is 0 Å². The Bertz CT molecular complexity index is 257. The summed E-state index contributed by atoms with van der Waals surface area (Å²) in [5.41, 5.74) is 0.994. The van der Waals surface area contributed by atoms with Crippen LogP contribution in [0.2, 0.25) is 0 Å². The third-order valence-corrected chi connectivity index (χ3v) is 2.75. The van der Waals surface area contributed by atoms with Crippen LogP contribution in [0.4, 0.5) is 0 Å². The maximum Gasteiger partial charge on any atom is 0.310 e. The van der Waals surface area contributed by atoms with Crippen molar-refractivity contribution < 1.29 is 9.53 Å². The fourth-order valence-corrected chi connectivity index (χ4v) is 1.89. The van der Waals surface area contributed by atoms with Crippen LogP contribution in [0.25, 0.3) is 0 Å². The van der Waals surface area contributed by atoms with E-state index in [1.807, 2.05) is 11.4 Å². The Kier molecular flexibility index (Phi) is 3.08. The number of rotatable bonds is 2. The number of hydrogen-bond donors (Lipinski definition) is 0. The third kappa shape index (κ3) is 2.63. The fraction of sp³-hybridized carbons (Fsp3) is 0.286. The molecular weight excluding hydrogens is 228 g/mol. The molecule has 0 fully saturated rings. The maximum absolute atomic E-state index is 10.8. The molecule has 0 spiro atoms. The Labute approximate surface area is 77.3 Å². The highest BCUT2D eigenvalue weighted by Crippen LogP contribution is 2.20. The van der Waals surface area contributed by atoms with Crippen LogP contribution in [0.3, 0.4) is 0 Å². The summed E-state index contributed by atoms with van der Waals surface area (Å²) in [6.07, 6.45) is 0.360. The van der Waals surface area contributed by atoms with Crippen LogP contribution in [0, 0.1) is 0 Å². The second-order valence-corrected chi connectivity index (χ2v) is 4.30. The molecule has 60 valence electrons. The van der Waals surface area contributed by atoms with Gasteiger partial charge >= 0.3 is 5.97 Å². The van der Waals surface area contributed by atoms with Crippen LogP contribution < -0.4 is 0 Å². The molecule has 2 nitrogen and oxygen atoms in total. The van der Waals surface area contributed by atoms with Crippen molar-refractivity contribution in [1.29, 1.82) is 0 Å². The van der Waals surface area contributed by atoms with E-state index in [9.17, 15) is 4.79 Å². The molecule has 0 aromatic carbocycles. The highest BCUT2D eigenvalue weighted by atomic mass is 79.9. The standard InChI is InChI=1S/C7H7BrO2S/c1-10-7(9)3-5-2-6(8)11-4-5/h2,4H,3H2,1H3. The molecule has 0 aliphatic rings. The molecule has 0 aliphatic carbocycles. The number of halogens is 1. The highest BCUT2D eigenvalue weighted by molar-refractivity contribution is 9.11. The SMILES string of the molecule is COC(=O)Cc1csc(Br)c1. The normalized spacial score (nSPS) is 9.64. The van der Waals surface area contributed by atoms with Gasteiger partial charge in [-0.25, -0.2) is 0 Å². The van der Waals surface area contributed by atoms with Crippen molar-refractivity contribution in [2.24, 2.45) is 0 Å². The molecule has 0 saturated carbocycles. The van der Waals surface area contributed by atoms with E-state index in [4.69, 9.17) is 0 Å². The van der Waals surface area contributed by atoms with Gasteiger partial charge in [0.1, 0.15) is 0 Å². The van der Waals surface area contributed by atoms with Crippen molar-refractivity contribution >= 4 is 33.2 Å². The monoisotopic (exact) mass is 234 g/mol. The molecule has 1 aromatic rings. The summed E-state index contributed by atoms with van der Waals surface area (Å²) in [6.45, 7) is 0. The molecule has 0 atom stereocenters. The van der Waals surface area contributed by atoms with E-state index < -0.39 is 0 Å². The van der Waals surface area contributed by atoms with Gasteiger partial charge in [0, 0.05) is 0 Å². The molecule has 0 amide bonds. The smallest absolute Gasteiger partial charge is 0.310 e. The van der Waals surface area contributed by atoms with Crippen LogP contribution in [-0.4, -0.2) is 13.1 Å². The van der Waals surface area contributed by atoms with E-state index in [0.717, 1.165) is 9.35 Å². The number of methoxy groups -OCH3 is 1. The van der Waals surface area contributed by atoms with Gasteiger partial charge in [-0.15, -0.1) is 11.3 Å². The summed E-state index contributed by atoms with van der Waals surface area (Å²) >= 11 is 4.88. The van der Waals surface area contributed by atoms with Gasteiger partial charge in [-0.1, -0.05) is 0 Å². The van der Waals surface area contributed by atoms with Gasteiger partial charge in [-0.05, 0) is 32.9 Å². The summed E-state index contributed by atoms with van der Waals surface area (Å²) in [5, 5.41) is 1.93. The summed E-state index contributed by atoms with van der Waals surface area (Å²) in [6, 6.07) is 1.92. The first-order chi connectivity index (χ1) is 5.22. The lowest BCUT2D eigenvalue weighted by Gasteiger charge is -1.93. The van der Waals surface area contributed by atoms with E-state index in [-0.39, 0.29) is 5.97 Å². The summed E-state index contributed by atoms with van der Waals surface area (Å²) < 4.78 is 5.55. The van der Waals surface area contributed by atoms with Crippen molar-refractivity contribution in [3.05, 3.63) is 20.8 Å². The van der Waals surface area contributed by atoms with E-state index >= 15 is 0 Å². The fourth-order valence-electron chi connectivity index (χ4n) is 0.677. The Morgan fingerprint density at radius 1 is 1.82 bits per heavy atom. The largest absolute Gasteiger partial charge is 0.469 e. The number of carbonyl (C=O) groups excluding carboxylic acids is 1. The van der Waals surface area contributed by atoms with Crippen molar-refractivity contribution in [3.8, 4) is 0 Å². The Balaban J connectivity index is 2.57. The topological polar surface area (TPSA) is 26.3 Å². The zero-order valence-corrected chi connectivity index (χ0v) is 8.37. The van der Waals surface area contributed by atoms with Gasteiger partial charge < -0.3 is 4.74 Å². The molecule has 4 heteroatoms. The first-order valence-electron chi connectivity index (χ1n) is 3.02. The highest BCUT2D eigenvalue weighted by Gasteiger charge is 2.03. The van der Waals surface area contributed by atoms with Gasteiger partial charge in [0.25, 0.3) is 0 Å². The Hall–Kier alpha value is -0.350. The van der Waals surface area contributed by atoms with Crippen LogP contribution in [0.1, 0.15) is 5.56 Å². The van der Waals surface area contributed by atoms with E-state index in [1.165, 1.54) is 7.11 Å². The van der Waals surface area contributed by atoms with E-state index in [1.54, 1.807) is 11.3 Å². The minimum atomic E-state index is -0.199. The Morgan fingerprint density at radius 2 is 2.55 bits per heavy atom. The molecular formula is C7H7BrO2S. The van der Waals surface area contributed by atoms with Crippen molar-refractivity contribution in [2.45, 2.75) is 6.42 Å². The average molecular weight is 235 g/mol. The molecule has 0 aliphatic heterocycles. The quantitative estimate of drug-likeness (QED) is 0.734. The lowest BCUT2D eigenvalue weighted by molar-refractivity contribution is -0.139. The van der Waals surface area contributed by atoms with E-state index in [2.05, 4.69) is 20.7 Å². The maximum atomic E-state index is 10.8. The number of ether oxygens (including phenoxy) is 1. The minimum Gasteiger partial charge on any atom is -0.469 e. The third-order valence-electron chi connectivity index (χ3n) is 1.20. The zero-order chi connectivity index (χ0) is 8.27. The predicted molar refractivity (Wildman–Crippen MR) is 47.7 cm³/mol. The van der Waals surface area contributed by atoms with Crippen LogP contribution in [0.5, 0.6) is 0 Å². The molecule has 0 unspecified atom stereocenters. The zero-order valence-electron chi connectivity index (χ0n) is 5.96. The summed E-state index contributed by atoms with van der Waals surface area (Å²) in [4.78, 5) is 10.8. The average Bonchev–Trinajstić information content (AvgIpc) is 2.35. The molecule has 1 rings (SSSR count). The van der Waals surface area contributed by atoms with Gasteiger partial charge in [-0.3, -0.25) is 4.79 Å². The molecule has 0 radical (unpaired) electrons. The Morgan fingerprint density at radius 3 is 3.00 bits per heavy atom. The first-order valence-corrected chi connectivity index (χ1v) is 4.69. The molecule has 11 heavy (non-hydrogen) atoms. The summed E-state index contributed by atoms with van der Waals surface area (Å²) in [7, 11) is 1.39. The summed E-state index contributed by atoms with van der Waals surface area (Å²) in [5.74, 6) is -0.199. The van der Waals surface area contributed by atoms with Gasteiger partial charge in [-0.2, -0.15) is 0 Å². The molecule has 0 saturated heterocycles. The number of esters is 1. The van der Waals surface area contributed by atoms with E-state index in [0.29, 0.717) is 6.42 Å². The van der Waals surface area contributed by atoms with Crippen molar-refractivity contribution in [2.75, 3.05) is 7.11 Å². The second kappa shape index (κ2) is 3.88. The second-order valence-electron chi connectivity index (χ2n) is 2.01. The van der Waals surface area contributed by atoms with Crippen molar-refractivity contribution in [1.82, 2.24) is 0 Å². The van der Waals surface area contributed by atoms with Crippen LogP contribution in [0.15, 0.2) is 15.2 Å².